The maximum atomic E-state index is 13.5. The molecule has 0 fully saturated rings. The number of amides is 1. The average molecular weight is 399 g/mol. The van der Waals surface area contributed by atoms with Crippen molar-refractivity contribution in [3.05, 3.63) is 59.2 Å². The SMILES string of the molecule is COc1ccc(C2(O)[C@H](O)c3c(cccc3C(F)(F)F)N(O)C(=O)[C@@H]2O)cc1. The van der Waals surface area contributed by atoms with E-state index < -0.39 is 46.7 Å². The molecule has 4 N–H and O–H groups in total. The summed E-state index contributed by atoms with van der Waals surface area (Å²) >= 11 is 0. The number of ether oxygens (including phenoxy) is 1. The topological polar surface area (TPSA) is 110 Å². The number of carbonyl (C=O) groups excluding carboxylic acids is 1. The Balaban J connectivity index is 2.30. The predicted octanol–water partition coefficient (Wildman–Crippen LogP) is 1.73. The van der Waals surface area contributed by atoms with Crippen LogP contribution in [0.3, 0.4) is 0 Å². The lowest BCUT2D eigenvalue weighted by molar-refractivity contribution is -0.173. The smallest absolute Gasteiger partial charge is 0.416 e. The Hall–Kier alpha value is -2.66. The predicted molar refractivity (Wildman–Crippen MR) is 88.6 cm³/mol. The van der Waals surface area contributed by atoms with Crippen molar-refractivity contribution in [2.45, 2.75) is 24.0 Å². The molecule has 0 saturated heterocycles. The van der Waals surface area contributed by atoms with E-state index in [1.165, 1.54) is 31.4 Å². The van der Waals surface area contributed by atoms with E-state index in [0.717, 1.165) is 12.1 Å². The van der Waals surface area contributed by atoms with E-state index >= 15 is 0 Å². The summed E-state index contributed by atoms with van der Waals surface area (Å²) in [6.45, 7) is 0. The van der Waals surface area contributed by atoms with Crippen LogP contribution in [0.25, 0.3) is 0 Å². The molecule has 28 heavy (non-hydrogen) atoms. The zero-order valence-electron chi connectivity index (χ0n) is 14.4. The molecule has 1 amide bonds. The van der Waals surface area contributed by atoms with Gasteiger partial charge in [-0.2, -0.15) is 18.2 Å². The van der Waals surface area contributed by atoms with Crippen molar-refractivity contribution in [2.24, 2.45) is 0 Å². The van der Waals surface area contributed by atoms with Crippen molar-refractivity contribution >= 4 is 11.6 Å². The first-order valence-electron chi connectivity index (χ1n) is 7.99. The van der Waals surface area contributed by atoms with Gasteiger partial charge in [-0.3, -0.25) is 10.0 Å². The number of rotatable bonds is 2. The highest BCUT2D eigenvalue weighted by Crippen LogP contribution is 2.49. The number of fused-ring (bicyclic) bond motifs is 1. The fourth-order valence-electron chi connectivity index (χ4n) is 3.24. The zero-order chi connectivity index (χ0) is 20.9. The van der Waals surface area contributed by atoms with Crippen LogP contribution in [0.1, 0.15) is 22.8 Å². The van der Waals surface area contributed by atoms with Crippen LogP contribution >= 0.6 is 0 Å². The molecule has 1 aliphatic heterocycles. The molecule has 150 valence electrons. The quantitative estimate of drug-likeness (QED) is 0.573. The summed E-state index contributed by atoms with van der Waals surface area (Å²) in [5.41, 5.74) is -6.14. The molecule has 3 rings (SSSR count). The molecule has 3 atom stereocenters. The van der Waals surface area contributed by atoms with Crippen LogP contribution in [0, 0.1) is 0 Å². The lowest BCUT2D eigenvalue weighted by Gasteiger charge is -2.35. The van der Waals surface area contributed by atoms with Gasteiger partial charge < -0.3 is 20.1 Å². The molecule has 1 heterocycles. The summed E-state index contributed by atoms with van der Waals surface area (Å²) in [4.78, 5) is 12.4. The first-order chi connectivity index (χ1) is 13.0. The third kappa shape index (κ3) is 2.90. The molecule has 0 saturated carbocycles. The first kappa shape index (κ1) is 20.1. The van der Waals surface area contributed by atoms with Crippen LogP contribution in [-0.2, 0) is 16.6 Å². The number of alkyl halides is 3. The number of hydroxylamine groups is 1. The molecule has 2 aromatic carbocycles. The highest BCUT2D eigenvalue weighted by molar-refractivity contribution is 5.97. The minimum atomic E-state index is -4.97. The number of carbonyl (C=O) groups is 1. The summed E-state index contributed by atoms with van der Waals surface area (Å²) < 4.78 is 45.5. The Morgan fingerprint density at radius 2 is 1.68 bits per heavy atom. The lowest BCUT2D eigenvalue weighted by atomic mass is 9.79. The summed E-state index contributed by atoms with van der Waals surface area (Å²) in [6, 6.07) is 7.54. The Morgan fingerprint density at radius 1 is 1.07 bits per heavy atom. The van der Waals surface area contributed by atoms with E-state index in [0.29, 0.717) is 11.8 Å². The van der Waals surface area contributed by atoms with Crippen molar-refractivity contribution in [2.75, 3.05) is 12.2 Å². The number of aliphatic hydroxyl groups excluding tert-OH is 2. The minimum absolute atomic E-state index is 0.208. The van der Waals surface area contributed by atoms with Crippen molar-refractivity contribution in [1.82, 2.24) is 0 Å². The van der Waals surface area contributed by atoms with Crippen LogP contribution in [0.15, 0.2) is 42.5 Å². The Morgan fingerprint density at radius 3 is 2.21 bits per heavy atom. The van der Waals surface area contributed by atoms with Crippen LogP contribution < -0.4 is 9.80 Å². The number of anilines is 1. The van der Waals surface area contributed by atoms with Gasteiger partial charge in [0.1, 0.15) is 11.9 Å². The molecule has 0 bridgehead atoms. The van der Waals surface area contributed by atoms with Gasteiger partial charge in [-0.15, -0.1) is 0 Å². The molecule has 0 spiro atoms. The Bertz CT molecular complexity index is 901. The maximum absolute atomic E-state index is 13.5. The Kier molecular flexibility index (Phi) is 4.84. The number of hydrogen-bond donors (Lipinski definition) is 4. The molecule has 0 aromatic heterocycles. The van der Waals surface area contributed by atoms with Crippen molar-refractivity contribution in [3.63, 3.8) is 0 Å². The molecule has 2 aromatic rings. The van der Waals surface area contributed by atoms with E-state index in [4.69, 9.17) is 4.74 Å². The Labute approximate surface area is 156 Å². The number of nitrogens with zero attached hydrogens (tertiary/aromatic N) is 1. The molecular formula is C18H16F3NO6. The fourth-order valence-corrected chi connectivity index (χ4v) is 3.24. The van der Waals surface area contributed by atoms with Crippen LogP contribution in [0.2, 0.25) is 0 Å². The first-order valence-corrected chi connectivity index (χ1v) is 7.99. The van der Waals surface area contributed by atoms with Gasteiger partial charge in [0.05, 0.1) is 18.4 Å². The van der Waals surface area contributed by atoms with E-state index in [1.807, 2.05) is 0 Å². The number of methoxy groups -OCH3 is 1. The summed E-state index contributed by atoms with van der Waals surface area (Å²) in [6.07, 6.45) is -9.83. The third-order valence-electron chi connectivity index (χ3n) is 4.72. The van der Waals surface area contributed by atoms with Crippen molar-refractivity contribution in [1.29, 1.82) is 0 Å². The molecule has 1 aliphatic rings. The number of aliphatic hydroxyl groups is 3. The van der Waals surface area contributed by atoms with E-state index in [9.17, 15) is 38.5 Å². The maximum Gasteiger partial charge on any atom is 0.416 e. The molecular weight excluding hydrogens is 383 g/mol. The highest BCUT2D eigenvalue weighted by atomic mass is 19.4. The second-order valence-corrected chi connectivity index (χ2v) is 6.25. The van der Waals surface area contributed by atoms with Gasteiger partial charge in [-0.05, 0) is 29.8 Å². The average Bonchev–Trinajstić information content (AvgIpc) is 2.73. The monoisotopic (exact) mass is 399 g/mol. The molecule has 10 heteroatoms. The van der Waals surface area contributed by atoms with Gasteiger partial charge in [-0.1, -0.05) is 18.2 Å². The van der Waals surface area contributed by atoms with Crippen molar-refractivity contribution in [3.8, 4) is 5.75 Å². The summed E-state index contributed by atoms with van der Waals surface area (Å²) in [5, 5.41) is 42.1. The fraction of sp³-hybridized carbons (Fsp3) is 0.278. The normalized spacial score (nSPS) is 25.3. The minimum Gasteiger partial charge on any atom is -0.497 e. The highest BCUT2D eigenvalue weighted by Gasteiger charge is 2.55. The standard InChI is InChI=1S/C18H16F3NO6/c1-28-10-7-5-9(6-8-10)17(26)14(23)13-11(18(19,20)21)3-2-4-12(13)22(27)16(25)15(17)24/h2-8,14-15,23-24,26-27H,1H3/t14-,15+,17?/m1/s1. The van der Waals surface area contributed by atoms with Gasteiger partial charge in [0, 0.05) is 5.56 Å². The molecule has 0 radical (unpaired) electrons. The van der Waals surface area contributed by atoms with Gasteiger partial charge in [0.15, 0.2) is 11.7 Å². The second-order valence-electron chi connectivity index (χ2n) is 6.25. The van der Waals surface area contributed by atoms with Crippen LogP contribution in [-0.4, -0.2) is 39.6 Å². The molecule has 1 unspecified atom stereocenters. The number of halogens is 3. The number of benzene rings is 2. The van der Waals surface area contributed by atoms with Crippen LogP contribution in [0.4, 0.5) is 18.9 Å². The number of hydrogen-bond acceptors (Lipinski definition) is 6. The van der Waals surface area contributed by atoms with Gasteiger partial charge in [0.2, 0.25) is 0 Å². The summed E-state index contributed by atoms with van der Waals surface area (Å²) in [5.74, 6) is -1.17. The zero-order valence-corrected chi connectivity index (χ0v) is 14.4. The lowest BCUT2D eigenvalue weighted by Crippen LogP contribution is -2.51. The second kappa shape index (κ2) is 6.74. The van der Waals surface area contributed by atoms with Gasteiger partial charge >= 0.3 is 6.18 Å². The third-order valence-corrected chi connectivity index (χ3v) is 4.72. The molecule has 0 aliphatic carbocycles. The largest absolute Gasteiger partial charge is 0.497 e. The van der Waals surface area contributed by atoms with E-state index in [1.54, 1.807) is 0 Å². The van der Waals surface area contributed by atoms with E-state index in [2.05, 4.69) is 0 Å². The summed E-state index contributed by atoms with van der Waals surface area (Å²) in [7, 11) is 1.36. The van der Waals surface area contributed by atoms with Crippen molar-refractivity contribution < 1.29 is 43.2 Å². The van der Waals surface area contributed by atoms with Crippen LogP contribution in [0.5, 0.6) is 5.75 Å². The van der Waals surface area contributed by atoms with E-state index in [-0.39, 0.29) is 10.6 Å². The molecule has 7 nitrogen and oxygen atoms in total. The van der Waals surface area contributed by atoms with Gasteiger partial charge in [0.25, 0.3) is 5.91 Å². The van der Waals surface area contributed by atoms with Gasteiger partial charge in [-0.25, -0.2) is 0 Å².